The average molecular weight is 438 g/mol. The molecule has 2 N–H and O–H groups in total. The first kappa shape index (κ1) is 21.1. The van der Waals surface area contributed by atoms with Crippen LogP contribution in [0.1, 0.15) is 28.7 Å². The van der Waals surface area contributed by atoms with Crippen LogP contribution in [0.2, 0.25) is 0 Å². The average Bonchev–Trinajstić information content (AvgIpc) is 3.25. The van der Waals surface area contributed by atoms with Crippen molar-refractivity contribution < 1.29 is 14.3 Å². The number of nitrogens with two attached hydrogens (primary N) is 1. The molecule has 3 heterocycles. The molecule has 0 radical (unpaired) electrons. The van der Waals surface area contributed by atoms with E-state index in [1.165, 1.54) is 11.6 Å². The summed E-state index contributed by atoms with van der Waals surface area (Å²) in [7, 11) is 1.48. The Morgan fingerprint density at radius 2 is 1.75 bits per heavy atom. The lowest BCUT2D eigenvalue weighted by atomic mass is 10.2. The summed E-state index contributed by atoms with van der Waals surface area (Å²) in [6, 6.07) is 6.80. The zero-order chi connectivity index (χ0) is 23.3. The van der Waals surface area contributed by atoms with Crippen LogP contribution in [0, 0.1) is 13.8 Å². The molecular weight excluding hydrogens is 416 g/mol. The van der Waals surface area contributed by atoms with Crippen molar-refractivity contribution in [2.24, 2.45) is 12.8 Å². The van der Waals surface area contributed by atoms with Crippen molar-refractivity contribution in [1.29, 1.82) is 0 Å². The van der Waals surface area contributed by atoms with Crippen LogP contribution in [0.25, 0.3) is 22.6 Å². The Balaban J connectivity index is 2.01. The van der Waals surface area contributed by atoms with Crippen LogP contribution in [-0.4, -0.2) is 41.6 Å². The molecule has 32 heavy (non-hydrogen) atoms. The number of rotatable bonds is 5. The Hall–Kier alpha value is -4.15. The number of carbonyl (C=O) groups excluding carboxylic acids is 2. The van der Waals surface area contributed by atoms with E-state index in [1.807, 2.05) is 18.4 Å². The van der Waals surface area contributed by atoms with Crippen LogP contribution >= 0.6 is 0 Å². The van der Waals surface area contributed by atoms with Crippen LogP contribution in [-0.2, 0) is 23.1 Å². The Kier molecular flexibility index (Phi) is 4.96. The normalized spacial score (nSPS) is 11.4. The third-order valence-corrected chi connectivity index (χ3v) is 5.47. The molecule has 11 heteroatoms. The van der Waals surface area contributed by atoms with Gasteiger partial charge in [0, 0.05) is 24.1 Å². The Morgan fingerprint density at radius 1 is 1.09 bits per heavy atom. The lowest BCUT2D eigenvalue weighted by Gasteiger charge is -2.08. The molecule has 0 fully saturated rings. The third-order valence-electron chi connectivity index (χ3n) is 5.47. The molecule has 0 aliphatic heterocycles. The van der Waals surface area contributed by atoms with Crippen LogP contribution in [0.15, 0.2) is 33.9 Å². The molecule has 0 spiro atoms. The summed E-state index contributed by atoms with van der Waals surface area (Å²) >= 11 is 0. The summed E-state index contributed by atoms with van der Waals surface area (Å²) in [6.45, 7) is 5.20. The van der Waals surface area contributed by atoms with Gasteiger partial charge in [-0.1, -0.05) is 0 Å². The fourth-order valence-corrected chi connectivity index (χ4v) is 3.82. The van der Waals surface area contributed by atoms with E-state index in [-0.39, 0.29) is 17.8 Å². The van der Waals surface area contributed by atoms with E-state index >= 15 is 0 Å². The number of hydrogen-bond acceptors (Lipinski definition) is 6. The van der Waals surface area contributed by atoms with E-state index < -0.39 is 29.7 Å². The highest BCUT2D eigenvalue weighted by Gasteiger charge is 2.23. The second kappa shape index (κ2) is 7.52. The predicted molar refractivity (Wildman–Crippen MR) is 116 cm³/mol. The van der Waals surface area contributed by atoms with Crippen LogP contribution in [0.5, 0.6) is 0 Å². The molecule has 0 saturated heterocycles. The highest BCUT2D eigenvalue weighted by Crippen LogP contribution is 2.24. The lowest BCUT2D eigenvalue weighted by molar-refractivity contribution is -0.118. The number of hydrogen-bond donors (Lipinski definition) is 1. The smallest absolute Gasteiger partial charge is 0.338 e. The second-order valence-corrected chi connectivity index (χ2v) is 7.39. The molecule has 4 rings (SSSR count). The zero-order valence-corrected chi connectivity index (χ0v) is 18.1. The Bertz CT molecular complexity index is 1520. The zero-order valence-electron chi connectivity index (χ0n) is 18.1. The summed E-state index contributed by atoms with van der Waals surface area (Å²) < 4.78 is 10.5. The molecule has 3 aromatic heterocycles. The SMILES string of the molecule is CCOC(=O)c1ccc(-n2c(C)c(C)n3c4c(=O)n(CC(N)=O)c(=O)n(C)c4nc23)cc1. The summed E-state index contributed by atoms with van der Waals surface area (Å²) in [5.74, 6) is -0.791. The van der Waals surface area contributed by atoms with E-state index in [2.05, 4.69) is 4.98 Å². The van der Waals surface area contributed by atoms with Gasteiger partial charge in [-0.05, 0) is 45.0 Å². The van der Waals surface area contributed by atoms with Gasteiger partial charge in [-0.2, -0.15) is 4.98 Å². The second-order valence-electron chi connectivity index (χ2n) is 7.39. The van der Waals surface area contributed by atoms with Crippen molar-refractivity contribution >= 4 is 28.8 Å². The number of ether oxygens (including phenoxy) is 1. The fraction of sp³-hybridized carbons (Fsp3) is 0.286. The minimum absolute atomic E-state index is 0.172. The number of nitrogens with zero attached hydrogens (tertiary/aromatic N) is 5. The largest absolute Gasteiger partial charge is 0.462 e. The number of esters is 1. The molecule has 0 bridgehead atoms. The Morgan fingerprint density at radius 3 is 2.34 bits per heavy atom. The minimum atomic E-state index is -0.795. The summed E-state index contributed by atoms with van der Waals surface area (Å²) in [5, 5.41) is 0. The maximum atomic E-state index is 13.1. The van der Waals surface area contributed by atoms with Gasteiger partial charge in [0.05, 0.1) is 12.2 Å². The van der Waals surface area contributed by atoms with Gasteiger partial charge in [0.2, 0.25) is 11.7 Å². The van der Waals surface area contributed by atoms with Crippen molar-refractivity contribution in [2.75, 3.05) is 6.61 Å². The van der Waals surface area contributed by atoms with E-state index in [0.717, 1.165) is 16.0 Å². The molecule has 1 aromatic carbocycles. The monoisotopic (exact) mass is 438 g/mol. The number of primary amides is 1. The summed E-state index contributed by atoms with van der Waals surface area (Å²) in [6.07, 6.45) is 0. The molecule has 0 saturated carbocycles. The van der Waals surface area contributed by atoms with Gasteiger partial charge in [-0.25, -0.2) is 14.2 Å². The number of aromatic nitrogens is 5. The van der Waals surface area contributed by atoms with E-state index in [4.69, 9.17) is 10.5 Å². The molecule has 4 aromatic rings. The summed E-state index contributed by atoms with van der Waals surface area (Å²) in [4.78, 5) is 53.7. The van der Waals surface area contributed by atoms with Crippen molar-refractivity contribution in [3.05, 3.63) is 62.1 Å². The Labute approximate surface area is 181 Å². The minimum Gasteiger partial charge on any atom is -0.462 e. The number of imidazole rings is 2. The van der Waals surface area contributed by atoms with Gasteiger partial charge in [-0.15, -0.1) is 0 Å². The van der Waals surface area contributed by atoms with Gasteiger partial charge in [0.1, 0.15) is 6.54 Å². The molecule has 0 atom stereocenters. The van der Waals surface area contributed by atoms with Crippen LogP contribution < -0.4 is 17.0 Å². The van der Waals surface area contributed by atoms with Crippen molar-refractivity contribution in [3.63, 3.8) is 0 Å². The number of benzene rings is 1. The molecule has 0 aliphatic carbocycles. The van der Waals surface area contributed by atoms with Gasteiger partial charge in [0.25, 0.3) is 5.56 Å². The highest BCUT2D eigenvalue weighted by atomic mass is 16.5. The topological polar surface area (TPSA) is 136 Å². The van der Waals surface area contributed by atoms with Gasteiger partial charge in [0.15, 0.2) is 11.2 Å². The van der Waals surface area contributed by atoms with E-state index in [9.17, 15) is 19.2 Å². The molecule has 0 aliphatic rings. The first-order chi connectivity index (χ1) is 15.2. The van der Waals surface area contributed by atoms with Crippen LogP contribution in [0.3, 0.4) is 0 Å². The van der Waals surface area contributed by atoms with Gasteiger partial charge >= 0.3 is 11.7 Å². The first-order valence-corrected chi connectivity index (χ1v) is 9.93. The summed E-state index contributed by atoms with van der Waals surface area (Å²) in [5.41, 5.74) is 6.94. The molecular formula is C21H22N6O5. The number of carbonyl (C=O) groups is 2. The third kappa shape index (κ3) is 3.01. The van der Waals surface area contributed by atoms with Gasteiger partial charge < -0.3 is 10.5 Å². The highest BCUT2D eigenvalue weighted by molar-refractivity contribution is 5.89. The van der Waals surface area contributed by atoms with Crippen molar-refractivity contribution in [3.8, 4) is 5.69 Å². The number of amides is 1. The van der Waals surface area contributed by atoms with Crippen molar-refractivity contribution in [2.45, 2.75) is 27.3 Å². The molecule has 1 amide bonds. The fourth-order valence-electron chi connectivity index (χ4n) is 3.82. The van der Waals surface area contributed by atoms with Crippen LogP contribution in [0.4, 0.5) is 0 Å². The quantitative estimate of drug-likeness (QED) is 0.449. The number of fused-ring (bicyclic) bond motifs is 3. The maximum absolute atomic E-state index is 13.1. The molecule has 0 unspecified atom stereocenters. The molecule has 166 valence electrons. The van der Waals surface area contributed by atoms with Crippen molar-refractivity contribution in [1.82, 2.24) is 23.1 Å². The molecule has 11 nitrogen and oxygen atoms in total. The maximum Gasteiger partial charge on any atom is 0.338 e. The van der Waals surface area contributed by atoms with E-state index in [1.54, 1.807) is 35.6 Å². The standard InChI is InChI=1S/C21H22N6O5/c1-5-32-19(30)13-6-8-14(9-7-13)26-11(2)12(3)27-16-17(23-20(26)27)24(4)21(31)25(18(16)29)10-15(22)28/h6-9H,5,10H2,1-4H3,(H2,22,28). The van der Waals surface area contributed by atoms with Gasteiger partial charge in [-0.3, -0.25) is 23.1 Å². The first-order valence-electron chi connectivity index (χ1n) is 9.93. The number of aryl methyl sites for hydroxylation is 2. The van der Waals surface area contributed by atoms with E-state index in [0.29, 0.717) is 17.0 Å². The lowest BCUT2D eigenvalue weighted by Crippen LogP contribution is -2.42. The predicted octanol–water partition coefficient (Wildman–Crippen LogP) is 0.417.